The van der Waals surface area contributed by atoms with Gasteiger partial charge in [-0.1, -0.05) is 31.5 Å². The molecule has 0 saturated carbocycles. The number of aryl methyl sites for hydroxylation is 1. The number of hydrogen-bond donors (Lipinski definition) is 4. The fourth-order valence-corrected chi connectivity index (χ4v) is 3.25. The van der Waals surface area contributed by atoms with Crippen molar-refractivity contribution in [3.8, 4) is 5.75 Å². The SMILES string of the molecule is CCCCN(C(=O)C(CO)NC(=O)OC(C)(C)C)C(C(=O)NC(C)C)c1cccc(C)c1O. The van der Waals surface area contributed by atoms with Gasteiger partial charge in [0, 0.05) is 18.2 Å². The number of aliphatic hydroxyl groups is 1. The van der Waals surface area contributed by atoms with E-state index in [1.54, 1.807) is 59.7 Å². The zero-order valence-corrected chi connectivity index (χ0v) is 20.8. The van der Waals surface area contributed by atoms with E-state index < -0.39 is 42.2 Å². The fraction of sp³-hybridized carbons (Fsp3) is 0.625. The van der Waals surface area contributed by atoms with Crippen LogP contribution >= 0.6 is 0 Å². The first-order valence-corrected chi connectivity index (χ1v) is 11.3. The molecule has 9 heteroatoms. The summed E-state index contributed by atoms with van der Waals surface area (Å²) in [6.45, 7) is 11.8. The third kappa shape index (κ3) is 8.57. The van der Waals surface area contributed by atoms with Crippen LogP contribution in [-0.2, 0) is 14.3 Å². The molecule has 0 aliphatic carbocycles. The highest BCUT2D eigenvalue weighted by Crippen LogP contribution is 2.32. The molecule has 1 rings (SSSR count). The second-order valence-electron chi connectivity index (χ2n) is 9.35. The summed E-state index contributed by atoms with van der Waals surface area (Å²) < 4.78 is 5.21. The van der Waals surface area contributed by atoms with Crippen LogP contribution in [0.4, 0.5) is 4.79 Å². The summed E-state index contributed by atoms with van der Waals surface area (Å²) in [4.78, 5) is 40.3. The van der Waals surface area contributed by atoms with E-state index in [0.717, 1.165) is 6.42 Å². The summed E-state index contributed by atoms with van der Waals surface area (Å²) in [5.74, 6) is -1.21. The number of nitrogens with one attached hydrogen (secondary N) is 2. The largest absolute Gasteiger partial charge is 0.507 e. The zero-order chi connectivity index (χ0) is 25.3. The minimum absolute atomic E-state index is 0.0867. The second kappa shape index (κ2) is 12.4. The Bertz CT molecular complexity index is 819. The van der Waals surface area contributed by atoms with E-state index in [4.69, 9.17) is 4.74 Å². The van der Waals surface area contributed by atoms with E-state index in [9.17, 15) is 24.6 Å². The fourth-order valence-electron chi connectivity index (χ4n) is 3.25. The first kappa shape index (κ1) is 28.2. The van der Waals surface area contributed by atoms with Crippen LogP contribution in [0, 0.1) is 6.92 Å². The number of carbonyl (C=O) groups is 3. The summed E-state index contributed by atoms with van der Waals surface area (Å²) in [6, 6.07) is 2.32. The summed E-state index contributed by atoms with van der Waals surface area (Å²) in [5, 5.41) is 25.8. The van der Waals surface area contributed by atoms with E-state index >= 15 is 0 Å². The maximum absolute atomic E-state index is 13.5. The number of aliphatic hydroxyl groups excluding tert-OH is 1. The molecule has 2 atom stereocenters. The molecule has 4 N–H and O–H groups in total. The summed E-state index contributed by atoms with van der Waals surface area (Å²) in [6.07, 6.45) is 0.464. The summed E-state index contributed by atoms with van der Waals surface area (Å²) >= 11 is 0. The van der Waals surface area contributed by atoms with Crippen LogP contribution in [0.25, 0.3) is 0 Å². The minimum atomic E-state index is -1.32. The molecule has 2 unspecified atom stereocenters. The standard InChI is InChI=1S/C24H39N3O6/c1-8-9-13-27(22(31)18(14-28)26-23(32)33-24(5,6)7)19(21(30)25-15(2)3)17-12-10-11-16(4)20(17)29/h10-12,15,18-19,28-29H,8-9,13-14H2,1-7H3,(H,25,30)(H,26,32). The first-order chi connectivity index (χ1) is 15.3. The van der Waals surface area contributed by atoms with Crippen molar-refractivity contribution in [2.45, 2.75) is 85.0 Å². The molecule has 0 heterocycles. The molecule has 33 heavy (non-hydrogen) atoms. The Labute approximate surface area is 196 Å². The van der Waals surface area contributed by atoms with Crippen molar-refractivity contribution >= 4 is 17.9 Å². The van der Waals surface area contributed by atoms with Gasteiger partial charge in [-0.3, -0.25) is 9.59 Å². The zero-order valence-electron chi connectivity index (χ0n) is 20.8. The molecular formula is C24H39N3O6. The van der Waals surface area contributed by atoms with Gasteiger partial charge in [-0.2, -0.15) is 0 Å². The smallest absolute Gasteiger partial charge is 0.408 e. The van der Waals surface area contributed by atoms with Crippen molar-refractivity contribution in [1.29, 1.82) is 0 Å². The molecule has 3 amide bonds. The predicted octanol–water partition coefficient (Wildman–Crippen LogP) is 2.78. The number of phenols is 1. The topological polar surface area (TPSA) is 128 Å². The number of benzene rings is 1. The number of para-hydroxylation sites is 1. The number of aromatic hydroxyl groups is 1. The van der Waals surface area contributed by atoms with Gasteiger partial charge in [0.2, 0.25) is 11.8 Å². The lowest BCUT2D eigenvalue weighted by molar-refractivity contribution is -0.143. The molecule has 0 fully saturated rings. The molecule has 186 valence electrons. The highest BCUT2D eigenvalue weighted by Gasteiger charge is 2.37. The Morgan fingerprint density at radius 1 is 1.15 bits per heavy atom. The summed E-state index contributed by atoms with van der Waals surface area (Å²) in [7, 11) is 0. The number of amides is 3. The van der Waals surface area contributed by atoms with Gasteiger partial charge in [0.1, 0.15) is 23.4 Å². The molecule has 9 nitrogen and oxygen atoms in total. The van der Waals surface area contributed by atoms with Crippen LogP contribution < -0.4 is 10.6 Å². The molecule has 0 spiro atoms. The van der Waals surface area contributed by atoms with E-state index in [-0.39, 0.29) is 23.9 Å². The molecule has 0 aliphatic rings. The van der Waals surface area contributed by atoms with Crippen molar-refractivity contribution in [2.24, 2.45) is 0 Å². The second-order valence-corrected chi connectivity index (χ2v) is 9.35. The molecule has 0 radical (unpaired) electrons. The normalized spacial score (nSPS) is 13.2. The maximum Gasteiger partial charge on any atom is 0.408 e. The lowest BCUT2D eigenvalue weighted by Crippen LogP contribution is -2.55. The third-order valence-electron chi connectivity index (χ3n) is 4.76. The van der Waals surface area contributed by atoms with Gasteiger partial charge in [-0.15, -0.1) is 0 Å². The van der Waals surface area contributed by atoms with Crippen molar-refractivity contribution in [3.63, 3.8) is 0 Å². The van der Waals surface area contributed by atoms with Crippen LogP contribution in [-0.4, -0.2) is 63.9 Å². The number of ether oxygens (including phenoxy) is 1. The number of carbonyl (C=O) groups excluding carboxylic acids is 3. The molecular weight excluding hydrogens is 426 g/mol. The van der Waals surface area contributed by atoms with Crippen molar-refractivity contribution in [1.82, 2.24) is 15.5 Å². The highest BCUT2D eigenvalue weighted by molar-refractivity contribution is 5.92. The van der Waals surface area contributed by atoms with Gasteiger partial charge in [0.25, 0.3) is 0 Å². The van der Waals surface area contributed by atoms with Gasteiger partial charge in [0.15, 0.2) is 0 Å². The van der Waals surface area contributed by atoms with Crippen LogP contribution in [0.5, 0.6) is 5.75 Å². The van der Waals surface area contributed by atoms with Crippen molar-refractivity contribution in [3.05, 3.63) is 29.3 Å². The van der Waals surface area contributed by atoms with E-state index in [0.29, 0.717) is 12.0 Å². The van der Waals surface area contributed by atoms with Crippen LogP contribution in [0.3, 0.4) is 0 Å². The van der Waals surface area contributed by atoms with Crippen molar-refractivity contribution in [2.75, 3.05) is 13.2 Å². The Morgan fingerprint density at radius 2 is 1.79 bits per heavy atom. The lowest BCUT2D eigenvalue weighted by Gasteiger charge is -2.34. The summed E-state index contributed by atoms with van der Waals surface area (Å²) in [5.41, 5.74) is 0.0390. The highest BCUT2D eigenvalue weighted by atomic mass is 16.6. The lowest BCUT2D eigenvalue weighted by atomic mass is 9.98. The molecule has 1 aromatic rings. The minimum Gasteiger partial charge on any atom is -0.507 e. The molecule has 0 aromatic heterocycles. The number of alkyl carbamates (subject to hydrolysis) is 1. The predicted molar refractivity (Wildman–Crippen MR) is 126 cm³/mol. The third-order valence-corrected chi connectivity index (χ3v) is 4.76. The van der Waals surface area contributed by atoms with E-state index in [2.05, 4.69) is 10.6 Å². The van der Waals surface area contributed by atoms with Gasteiger partial charge in [-0.05, 0) is 53.5 Å². The molecule has 0 aliphatic heterocycles. The Kier molecular flexibility index (Phi) is 10.6. The number of nitrogens with zero attached hydrogens (tertiary/aromatic N) is 1. The number of hydrogen-bond acceptors (Lipinski definition) is 6. The molecule has 1 aromatic carbocycles. The van der Waals surface area contributed by atoms with Gasteiger partial charge in [-0.25, -0.2) is 4.79 Å². The Morgan fingerprint density at radius 3 is 2.30 bits per heavy atom. The Balaban J connectivity index is 3.43. The monoisotopic (exact) mass is 465 g/mol. The molecule has 0 saturated heterocycles. The van der Waals surface area contributed by atoms with Gasteiger partial charge in [0.05, 0.1) is 6.61 Å². The number of unbranched alkanes of at least 4 members (excludes halogenated alkanes) is 1. The van der Waals surface area contributed by atoms with E-state index in [1.807, 2.05) is 6.92 Å². The van der Waals surface area contributed by atoms with Crippen LogP contribution in [0.1, 0.15) is 71.6 Å². The average Bonchev–Trinajstić information content (AvgIpc) is 2.69. The maximum atomic E-state index is 13.5. The van der Waals surface area contributed by atoms with Gasteiger partial charge < -0.3 is 30.5 Å². The molecule has 0 bridgehead atoms. The number of rotatable bonds is 10. The van der Waals surface area contributed by atoms with Crippen LogP contribution in [0.2, 0.25) is 0 Å². The van der Waals surface area contributed by atoms with E-state index in [1.165, 1.54) is 4.90 Å². The van der Waals surface area contributed by atoms with Crippen molar-refractivity contribution < 1.29 is 29.3 Å². The quantitative estimate of drug-likeness (QED) is 0.421. The van der Waals surface area contributed by atoms with Gasteiger partial charge >= 0.3 is 6.09 Å². The first-order valence-electron chi connectivity index (χ1n) is 11.3. The number of phenolic OH excluding ortho intramolecular Hbond substituents is 1. The average molecular weight is 466 g/mol. The Hall–Kier alpha value is -2.81. The van der Waals surface area contributed by atoms with Crippen LogP contribution in [0.15, 0.2) is 18.2 Å².